The largest absolute Gasteiger partial charge is 0.313 e. The van der Waals surface area contributed by atoms with Gasteiger partial charge in [-0.1, -0.05) is 24.6 Å². The Morgan fingerprint density at radius 2 is 1.80 bits per heavy atom. The number of nitrogens with one attached hydrogen (secondary N) is 1. The number of rotatable bonds is 7. The number of aromatic nitrogens is 1. The SMILES string of the molecule is CCNC(CSc1ccc(C)cc1)Cc1ccncc1. The van der Waals surface area contributed by atoms with Crippen molar-refractivity contribution in [2.75, 3.05) is 12.3 Å². The molecule has 0 saturated heterocycles. The number of likely N-dealkylation sites (N-methyl/N-ethyl adjacent to an activating group) is 1. The minimum Gasteiger partial charge on any atom is -0.313 e. The van der Waals surface area contributed by atoms with E-state index in [2.05, 4.69) is 60.5 Å². The van der Waals surface area contributed by atoms with Crippen molar-refractivity contribution in [2.24, 2.45) is 0 Å². The van der Waals surface area contributed by atoms with E-state index in [0.717, 1.165) is 18.7 Å². The number of benzene rings is 1. The van der Waals surface area contributed by atoms with Crippen LogP contribution in [0.15, 0.2) is 53.7 Å². The maximum Gasteiger partial charge on any atom is 0.0270 e. The van der Waals surface area contributed by atoms with Crippen molar-refractivity contribution in [2.45, 2.75) is 31.2 Å². The van der Waals surface area contributed by atoms with Gasteiger partial charge in [-0.2, -0.15) is 0 Å². The maximum absolute atomic E-state index is 4.07. The highest BCUT2D eigenvalue weighted by Gasteiger charge is 2.09. The van der Waals surface area contributed by atoms with E-state index in [9.17, 15) is 0 Å². The Morgan fingerprint density at radius 1 is 1.10 bits per heavy atom. The Balaban J connectivity index is 1.90. The van der Waals surface area contributed by atoms with Crippen LogP contribution < -0.4 is 5.32 Å². The molecule has 2 aromatic rings. The van der Waals surface area contributed by atoms with Crippen LogP contribution in [0.5, 0.6) is 0 Å². The highest BCUT2D eigenvalue weighted by atomic mass is 32.2. The molecule has 0 aliphatic heterocycles. The first-order valence-electron chi connectivity index (χ1n) is 7.09. The number of nitrogens with zero attached hydrogens (tertiary/aromatic N) is 1. The van der Waals surface area contributed by atoms with Crippen LogP contribution in [-0.2, 0) is 6.42 Å². The van der Waals surface area contributed by atoms with Gasteiger partial charge < -0.3 is 5.32 Å². The molecule has 1 aromatic carbocycles. The fourth-order valence-corrected chi connectivity index (χ4v) is 3.07. The first-order chi connectivity index (χ1) is 9.78. The van der Waals surface area contributed by atoms with Gasteiger partial charge in [0.1, 0.15) is 0 Å². The molecule has 0 amide bonds. The van der Waals surface area contributed by atoms with Gasteiger partial charge in [-0.05, 0) is 49.7 Å². The Morgan fingerprint density at radius 3 is 2.45 bits per heavy atom. The average molecular weight is 286 g/mol. The molecular formula is C17H22N2S. The van der Waals surface area contributed by atoms with Crippen LogP contribution in [0.4, 0.5) is 0 Å². The minimum atomic E-state index is 0.494. The first kappa shape index (κ1) is 15.1. The van der Waals surface area contributed by atoms with E-state index in [1.165, 1.54) is 16.0 Å². The summed E-state index contributed by atoms with van der Waals surface area (Å²) in [5.74, 6) is 1.08. The van der Waals surface area contributed by atoms with Gasteiger partial charge in [-0.25, -0.2) is 0 Å². The van der Waals surface area contributed by atoms with Gasteiger partial charge in [-0.15, -0.1) is 11.8 Å². The molecule has 2 rings (SSSR count). The second kappa shape index (κ2) is 8.08. The molecule has 0 aliphatic rings. The van der Waals surface area contributed by atoms with E-state index in [0.29, 0.717) is 6.04 Å². The normalized spacial score (nSPS) is 12.3. The molecule has 106 valence electrons. The summed E-state index contributed by atoms with van der Waals surface area (Å²) in [4.78, 5) is 5.42. The van der Waals surface area contributed by atoms with Gasteiger partial charge in [0.05, 0.1) is 0 Å². The second-order valence-corrected chi connectivity index (χ2v) is 6.03. The van der Waals surface area contributed by atoms with Gasteiger partial charge in [0.2, 0.25) is 0 Å². The summed E-state index contributed by atoms with van der Waals surface area (Å²) in [6.45, 7) is 5.29. The summed E-state index contributed by atoms with van der Waals surface area (Å²) in [7, 11) is 0. The molecule has 1 atom stereocenters. The van der Waals surface area contributed by atoms with Crippen LogP contribution in [0.2, 0.25) is 0 Å². The maximum atomic E-state index is 4.07. The quantitative estimate of drug-likeness (QED) is 0.786. The molecule has 0 fully saturated rings. The third-order valence-electron chi connectivity index (χ3n) is 3.20. The van der Waals surface area contributed by atoms with Gasteiger partial charge >= 0.3 is 0 Å². The van der Waals surface area contributed by atoms with Crippen molar-refractivity contribution in [3.8, 4) is 0 Å². The third kappa shape index (κ3) is 4.99. The third-order valence-corrected chi connectivity index (χ3v) is 4.37. The second-order valence-electron chi connectivity index (χ2n) is 4.94. The van der Waals surface area contributed by atoms with E-state index in [1.807, 2.05) is 24.2 Å². The van der Waals surface area contributed by atoms with Crippen molar-refractivity contribution in [1.82, 2.24) is 10.3 Å². The summed E-state index contributed by atoms with van der Waals surface area (Å²) < 4.78 is 0. The van der Waals surface area contributed by atoms with Crippen LogP contribution >= 0.6 is 11.8 Å². The van der Waals surface area contributed by atoms with Crippen LogP contribution in [0.25, 0.3) is 0 Å². The lowest BCUT2D eigenvalue weighted by Crippen LogP contribution is -2.33. The lowest BCUT2D eigenvalue weighted by Gasteiger charge is -2.17. The molecule has 1 N–H and O–H groups in total. The van der Waals surface area contributed by atoms with E-state index >= 15 is 0 Å². The fourth-order valence-electron chi connectivity index (χ4n) is 2.11. The molecule has 20 heavy (non-hydrogen) atoms. The molecule has 3 heteroatoms. The molecular weight excluding hydrogens is 264 g/mol. The van der Waals surface area contributed by atoms with Crippen molar-refractivity contribution in [3.63, 3.8) is 0 Å². The molecule has 2 nitrogen and oxygen atoms in total. The Labute approximate surface area is 126 Å². The zero-order valence-electron chi connectivity index (χ0n) is 12.2. The van der Waals surface area contributed by atoms with E-state index < -0.39 is 0 Å². The summed E-state index contributed by atoms with van der Waals surface area (Å²) >= 11 is 1.92. The van der Waals surface area contributed by atoms with Crippen molar-refractivity contribution < 1.29 is 0 Å². The van der Waals surface area contributed by atoms with E-state index in [4.69, 9.17) is 0 Å². The molecule has 1 heterocycles. The summed E-state index contributed by atoms with van der Waals surface area (Å²) in [5.41, 5.74) is 2.66. The first-order valence-corrected chi connectivity index (χ1v) is 8.08. The number of pyridine rings is 1. The molecule has 0 radical (unpaired) electrons. The van der Waals surface area contributed by atoms with Gasteiger partial charge in [0.15, 0.2) is 0 Å². The number of hydrogen-bond donors (Lipinski definition) is 1. The highest BCUT2D eigenvalue weighted by Crippen LogP contribution is 2.20. The molecule has 0 bridgehead atoms. The monoisotopic (exact) mass is 286 g/mol. The number of aryl methyl sites for hydroxylation is 1. The molecule has 0 saturated carbocycles. The summed E-state index contributed by atoms with van der Waals surface area (Å²) in [6, 6.07) is 13.4. The van der Waals surface area contributed by atoms with E-state index in [1.54, 1.807) is 0 Å². The van der Waals surface area contributed by atoms with Gasteiger partial charge in [0, 0.05) is 29.1 Å². The molecule has 1 aromatic heterocycles. The molecule has 0 spiro atoms. The number of hydrogen-bond acceptors (Lipinski definition) is 3. The predicted octanol–water partition coefficient (Wildman–Crippen LogP) is 3.70. The molecule has 0 aliphatic carbocycles. The van der Waals surface area contributed by atoms with Crippen molar-refractivity contribution in [3.05, 3.63) is 59.9 Å². The zero-order valence-corrected chi connectivity index (χ0v) is 13.0. The van der Waals surface area contributed by atoms with Gasteiger partial charge in [0.25, 0.3) is 0 Å². The topological polar surface area (TPSA) is 24.9 Å². The number of thioether (sulfide) groups is 1. The predicted molar refractivity (Wildman–Crippen MR) is 87.3 cm³/mol. The van der Waals surface area contributed by atoms with Crippen molar-refractivity contribution >= 4 is 11.8 Å². The van der Waals surface area contributed by atoms with Gasteiger partial charge in [-0.3, -0.25) is 4.98 Å². The van der Waals surface area contributed by atoms with Crippen LogP contribution in [-0.4, -0.2) is 23.3 Å². The fraction of sp³-hybridized carbons (Fsp3) is 0.353. The van der Waals surface area contributed by atoms with Crippen LogP contribution in [0.1, 0.15) is 18.1 Å². The summed E-state index contributed by atoms with van der Waals surface area (Å²) in [6.07, 6.45) is 4.78. The average Bonchev–Trinajstić information content (AvgIpc) is 2.48. The Bertz CT molecular complexity index is 496. The Kier molecular flexibility index (Phi) is 6.09. The lowest BCUT2D eigenvalue weighted by molar-refractivity contribution is 0.572. The summed E-state index contributed by atoms with van der Waals surface area (Å²) in [5, 5.41) is 3.57. The van der Waals surface area contributed by atoms with Crippen LogP contribution in [0, 0.1) is 6.92 Å². The standard InChI is InChI=1S/C17H22N2S/c1-3-19-16(12-15-8-10-18-11-9-15)13-20-17-6-4-14(2)5-7-17/h4-11,16,19H,3,12-13H2,1-2H3. The smallest absolute Gasteiger partial charge is 0.0270 e. The van der Waals surface area contributed by atoms with Crippen LogP contribution in [0.3, 0.4) is 0 Å². The van der Waals surface area contributed by atoms with Crippen molar-refractivity contribution in [1.29, 1.82) is 0 Å². The molecule has 1 unspecified atom stereocenters. The minimum absolute atomic E-state index is 0.494. The Hall–Kier alpha value is -1.32. The zero-order chi connectivity index (χ0) is 14.2. The van der Waals surface area contributed by atoms with E-state index in [-0.39, 0.29) is 0 Å². The highest BCUT2D eigenvalue weighted by molar-refractivity contribution is 7.99. The lowest BCUT2D eigenvalue weighted by atomic mass is 10.1.